The van der Waals surface area contributed by atoms with Crippen LogP contribution in [-0.2, 0) is 13.1 Å². The lowest BCUT2D eigenvalue weighted by molar-refractivity contribution is 0.100. The molecule has 1 heterocycles. The Balaban J connectivity index is 1.57. The molecule has 2 aromatic rings. The molecule has 172 valence electrons. The second kappa shape index (κ2) is 11.4. The van der Waals surface area contributed by atoms with Crippen molar-refractivity contribution in [2.75, 3.05) is 33.9 Å². The van der Waals surface area contributed by atoms with Crippen LogP contribution in [0.2, 0.25) is 0 Å². The lowest BCUT2D eigenvalue weighted by Crippen LogP contribution is -2.44. The van der Waals surface area contributed by atoms with E-state index in [1.165, 1.54) is 5.56 Å². The molecular weight excluding hydrogens is 406 g/mol. The highest BCUT2D eigenvalue weighted by Gasteiger charge is 2.23. The zero-order chi connectivity index (χ0) is 22.9. The van der Waals surface area contributed by atoms with Gasteiger partial charge in [-0.2, -0.15) is 0 Å². The summed E-state index contributed by atoms with van der Waals surface area (Å²) in [6.07, 6.45) is 1.04. The standard InChI is InChI=1S/C24H33N5O3/c1-4-26-24(27-14-17-5-7-19(8-6-17)23(25)30)28-20-9-10-29(16-20)15-18-11-21(31-2)13-22(12-18)32-3/h5-8,11-13,20H,4,9-10,14-16H2,1-3H3,(H2,25,30)(H2,26,27,28). The number of nitrogens with one attached hydrogen (secondary N) is 2. The normalized spacial score (nSPS) is 16.6. The van der Waals surface area contributed by atoms with Gasteiger partial charge in [0.15, 0.2) is 5.96 Å². The molecule has 0 bridgehead atoms. The number of nitrogens with zero attached hydrogens (tertiary/aromatic N) is 2. The Labute approximate surface area is 189 Å². The molecule has 0 aliphatic carbocycles. The second-order valence-electron chi connectivity index (χ2n) is 7.84. The highest BCUT2D eigenvalue weighted by atomic mass is 16.5. The van der Waals surface area contributed by atoms with Gasteiger partial charge in [0.25, 0.3) is 0 Å². The molecule has 8 nitrogen and oxygen atoms in total. The topological polar surface area (TPSA) is 101 Å². The Morgan fingerprint density at radius 3 is 2.41 bits per heavy atom. The van der Waals surface area contributed by atoms with Crippen LogP contribution in [0.1, 0.15) is 34.8 Å². The van der Waals surface area contributed by atoms with Crippen LogP contribution in [0.15, 0.2) is 47.5 Å². The number of amides is 1. The number of methoxy groups -OCH3 is 2. The zero-order valence-corrected chi connectivity index (χ0v) is 19.1. The van der Waals surface area contributed by atoms with Gasteiger partial charge >= 0.3 is 0 Å². The summed E-state index contributed by atoms with van der Waals surface area (Å²) in [6.45, 7) is 6.13. The minimum atomic E-state index is -0.423. The summed E-state index contributed by atoms with van der Waals surface area (Å²) in [6, 6.07) is 13.5. The molecule has 1 amide bonds. The van der Waals surface area contributed by atoms with Crippen LogP contribution in [0.3, 0.4) is 0 Å². The van der Waals surface area contributed by atoms with Crippen molar-refractivity contribution in [1.29, 1.82) is 0 Å². The van der Waals surface area contributed by atoms with Crippen LogP contribution in [-0.4, -0.2) is 56.7 Å². The van der Waals surface area contributed by atoms with E-state index in [1.54, 1.807) is 26.4 Å². The van der Waals surface area contributed by atoms with Gasteiger partial charge in [-0.3, -0.25) is 9.69 Å². The fourth-order valence-corrected chi connectivity index (χ4v) is 3.77. The Kier molecular flexibility index (Phi) is 8.33. The molecule has 4 N–H and O–H groups in total. The Morgan fingerprint density at radius 1 is 1.12 bits per heavy atom. The minimum Gasteiger partial charge on any atom is -0.497 e. The summed E-state index contributed by atoms with van der Waals surface area (Å²) in [5, 5.41) is 6.87. The lowest BCUT2D eigenvalue weighted by Gasteiger charge is -2.19. The number of guanidine groups is 1. The number of carbonyl (C=O) groups is 1. The van der Waals surface area contributed by atoms with Crippen molar-refractivity contribution in [2.45, 2.75) is 32.5 Å². The van der Waals surface area contributed by atoms with Gasteiger partial charge < -0.3 is 25.8 Å². The molecule has 1 aliphatic rings. The van der Waals surface area contributed by atoms with E-state index in [-0.39, 0.29) is 0 Å². The summed E-state index contributed by atoms with van der Waals surface area (Å²) in [7, 11) is 3.34. The van der Waals surface area contributed by atoms with Gasteiger partial charge in [-0.1, -0.05) is 12.1 Å². The molecule has 8 heteroatoms. The van der Waals surface area contributed by atoms with E-state index >= 15 is 0 Å². The van der Waals surface area contributed by atoms with Gasteiger partial charge in [0.1, 0.15) is 11.5 Å². The Hall–Kier alpha value is -3.26. The average Bonchev–Trinajstić information content (AvgIpc) is 3.24. The van der Waals surface area contributed by atoms with E-state index in [0.29, 0.717) is 18.2 Å². The van der Waals surface area contributed by atoms with Gasteiger partial charge in [-0.25, -0.2) is 4.99 Å². The van der Waals surface area contributed by atoms with Crippen molar-refractivity contribution in [1.82, 2.24) is 15.5 Å². The maximum atomic E-state index is 11.2. The third-order valence-electron chi connectivity index (χ3n) is 5.43. The van der Waals surface area contributed by atoms with Crippen molar-refractivity contribution in [3.63, 3.8) is 0 Å². The molecule has 1 fully saturated rings. The lowest BCUT2D eigenvalue weighted by atomic mass is 10.1. The quantitative estimate of drug-likeness (QED) is 0.409. The summed E-state index contributed by atoms with van der Waals surface area (Å²) < 4.78 is 10.8. The summed E-state index contributed by atoms with van der Waals surface area (Å²) >= 11 is 0. The first kappa shape index (κ1) is 23.4. The number of hydrogen-bond acceptors (Lipinski definition) is 5. The van der Waals surface area contributed by atoms with Crippen LogP contribution >= 0.6 is 0 Å². The Morgan fingerprint density at radius 2 is 1.81 bits per heavy atom. The average molecular weight is 440 g/mol. The monoisotopic (exact) mass is 439 g/mol. The van der Waals surface area contributed by atoms with E-state index in [0.717, 1.165) is 55.6 Å². The number of likely N-dealkylation sites (tertiary alicyclic amines) is 1. The maximum Gasteiger partial charge on any atom is 0.248 e. The van der Waals surface area contributed by atoms with E-state index in [1.807, 2.05) is 18.2 Å². The van der Waals surface area contributed by atoms with Crippen molar-refractivity contribution < 1.29 is 14.3 Å². The number of benzene rings is 2. The smallest absolute Gasteiger partial charge is 0.248 e. The first-order valence-electron chi connectivity index (χ1n) is 10.9. The number of nitrogens with two attached hydrogens (primary N) is 1. The van der Waals surface area contributed by atoms with Crippen LogP contribution in [0.25, 0.3) is 0 Å². The predicted octanol–water partition coefficient (Wildman–Crippen LogP) is 2.13. The fraction of sp³-hybridized carbons (Fsp3) is 0.417. The molecule has 2 aromatic carbocycles. The van der Waals surface area contributed by atoms with E-state index in [2.05, 4.69) is 34.6 Å². The molecule has 0 saturated carbocycles. The van der Waals surface area contributed by atoms with E-state index < -0.39 is 5.91 Å². The van der Waals surface area contributed by atoms with Gasteiger partial charge in [0, 0.05) is 43.9 Å². The molecule has 1 saturated heterocycles. The van der Waals surface area contributed by atoms with Crippen molar-refractivity contribution >= 4 is 11.9 Å². The third kappa shape index (κ3) is 6.62. The zero-order valence-electron chi connectivity index (χ0n) is 19.1. The number of ether oxygens (including phenoxy) is 2. The Bertz CT molecular complexity index is 907. The van der Waals surface area contributed by atoms with E-state index in [4.69, 9.17) is 20.2 Å². The molecular formula is C24H33N5O3. The van der Waals surface area contributed by atoms with Crippen LogP contribution in [0.5, 0.6) is 11.5 Å². The number of primary amides is 1. The maximum absolute atomic E-state index is 11.2. The largest absolute Gasteiger partial charge is 0.497 e. The summed E-state index contributed by atoms with van der Waals surface area (Å²) in [5.41, 5.74) is 7.99. The van der Waals surface area contributed by atoms with E-state index in [9.17, 15) is 4.79 Å². The highest BCUT2D eigenvalue weighted by molar-refractivity contribution is 5.92. The van der Waals surface area contributed by atoms with Crippen LogP contribution < -0.4 is 25.8 Å². The second-order valence-corrected chi connectivity index (χ2v) is 7.84. The van der Waals surface area contributed by atoms with Crippen molar-refractivity contribution in [3.05, 3.63) is 59.2 Å². The van der Waals surface area contributed by atoms with Crippen LogP contribution in [0.4, 0.5) is 0 Å². The highest BCUT2D eigenvalue weighted by Crippen LogP contribution is 2.24. The van der Waals surface area contributed by atoms with Crippen molar-refractivity contribution in [2.24, 2.45) is 10.7 Å². The molecule has 3 rings (SSSR count). The third-order valence-corrected chi connectivity index (χ3v) is 5.43. The first-order valence-corrected chi connectivity index (χ1v) is 10.9. The molecule has 0 spiro atoms. The molecule has 1 unspecified atom stereocenters. The number of carbonyl (C=O) groups excluding carboxylic acids is 1. The van der Waals surface area contributed by atoms with Gasteiger partial charge in [0.05, 0.1) is 20.8 Å². The molecule has 0 aromatic heterocycles. The first-order chi connectivity index (χ1) is 15.5. The summed E-state index contributed by atoms with van der Waals surface area (Å²) in [4.78, 5) is 18.3. The molecule has 0 radical (unpaired) electrons. The molecule has 1 aliphatic heterocycles. The number of rotatable bonds is 9. The minimum absolute atomic E-state index is 0.317. The number of hydrogen-bond donors (Lipinski definition) is 3. The predicted molar refractivity (Wildman–Crippen MR) is 126 cm³/mol. The van der Waals surface area contributed by atoms with Gasteiger partial charge in [-0.05, 0) is 48.7 Å². The van der Waals surface area contributed by atoms with Crippen molar-refractivity contribution in [3.8, 4) is 11.5 Å². The number of aliphatic imine (C=N–C) groups is 1. The fourth-order valence-electron chi connectivity index (χ4n) is 3.77. The molecule has 1 atom stereocenters. The van der Waals surface area contributed by atoms with Gasteiger partial charge in [-0.15, -0.1) is 0 Å². The summed E-state index contributed by atoms with van der Waals surface area (Å²) in [5.74, 6) is 1.98. The molecule has 32 heavy (non-hydrogen) atoms. The SMILES string of the molecule is CCNC(=NCc1ccc(C(N)=O)cc1)NC1CCN(Cc2cc(OC)cc(OC)c2)C1. The van der Waals surface area contributed by atoms with Gasteiger partial charge in [0.2, 0.25) is 5.91 Å². The van der Waals surface area contributed by atoms with Crippen LogP contribution in [0, 0.1) is 0 Å².